The van der Waals surface area contributed by atoms with Crippen LogP contribution in [0.15, 0.2) is 24.3 Å². The minimum Gasteiger partial charge on any atom is -0.494 e. The van der Waals surface area contributed by atoms with Crippen molar-refractivity contribution < 1.29 is 17.9 Å². The SMILES string of the molecule is CCOc1ccc(OCCCCCS(=O)(=O)Cl)cc1. The largest absolute Gasteiger partial charge is 0.494 e. The molecule has 0 saturated heterocycles. The first-order valence-corrected chi connectivity index (χ1v) is 8.77. The standard InChI is InChI=1S/C13H19ClO4S/c1-2-17-12-6-8-13(9-7-12)18-10-4-3-5-11-19(14,15)16/h6-9H,2-5,10-11H2,1H3. The molecule has 0 aliphatic rings. The molecule has 4 nitrogen and oxygen atoms in total. The number of rotatable bonds is 9. The lowest BCUT2D eigenvalue weighted by Gasteiger charge is -2.07. The van der Waals surface area contributed by atoms with Crippen LogP contribution in [0.25, 0.3) is 0 Å². The van der Waals surface area contributed by atoms with Crippen molar-refractivity contribution in [2.24, 2.45) is 0 Å². The fraction of sp³-hybridized carbons (Fsp3) is 0.538. The van der Waals surface area contributed by atoms with Crippen LogP contribution in [0, 0.1) is 0 Å². The molecule has 6 heteroatoms. The smallest absolute Gasteiger partial charge is 0.232 e. The molecule has 1 aromatic rings. The maximum Gasteiger partial charge on any atom is 0.232 e. The summed E-state index contributed by atoms with van der Waals surface area (Å²) in [5.41, 5.74) is 0. The third kappa shape index (κ3) is 7.95. The predicted molar refractivity (Wildman–Crippen MR) is 76.6 cm³/mol. The van der Waals surface area contributed by atoms with Crippen molar-refractivity contribution >= 4 is 19.7 Å². The molecule has 1 aromatic carbocycles. The maximum atomic E-state index is 10.7. The van der Waals surface area contributed by atoms with E-state index < -0.39 is 9.05 Å². The van der Waals surface area contributed by atoms with Gasteiger partial charge >= 0.3 is 0 Å². The van der Waals surface area contributed by atoms with E-state index in [0.717, 1.165) is 24.3 Å². The minimum absolute atomic E-state index is 0.0254. The highest BCUT2D eigenvalue weighted by Gasteiger charge is 2.03. The molecule has 0 radical (unpaired) electrons. The van der Waals surface area contributed by atoms with Gasteiger partial charge in [-0.1, -0.05) is 0 Å². The van der Waals surface area contributed by atoms with Crippen LogP contribution in [0.4, 0.5) is 0 Å². The summed E-state index contributed by atoms with van der Waals surface area (Å²) in [5.74, 6) is 1.63. The molecule has 0 heterocycles. The van der Waals surface area contributed by atoms with Crippen molar-refractivity contribution in [3.63, 3.8) is 0 Å². The van der Waals surface area contributed by atoms with Gasteiger partial charge in [0.05, 0.1) is 19.0 Å². The van der Waals surface area contributed by atoms with Gasteiger partial charge in [0, 0.05) is 10.7 Å². The second-order valence-corrected chi connectivity index (χ2v) is 6.95. The third-order valence-corrected chi connectivity index (χ3v) is 3.68. The topological polar surface area (TPSA) is 52.6 Å². The van der Waals surface area contributed by atoms with Crippen LogP contribution in [0.5, 0.6) is 11.5 Å². The van der Waals surface area contributed by atoms with Crippen LogP contribution < -0.4 is 9.47 Å². The van der Waals surface area contributed by atoms with Crippen molar-refractivity contribution in [1.82, 2.24) is 0 Å². The summed E-state index contributed by atoms with van der Waals surface area (Å²) in [4.78, 5) is 0. The molecule has 0 spiro atoms. The average Bonchev–Trinajstić information content (AvgIpc) is 2.35. The van der Waals surface area contributed by atoms with E-state index in [1.54, 1.807) is 0 Å². The molecule has 1 rings (SSSR count). The van der Waals surface area contributed by atoms with Gasteiger partial charge < -0.3 is 9.47 Å². The Morgan fingerprint density at radius 2 is 1.58 bits per heavy atom. The molecule has 19 heavy (non-hydrogen) atoms. The summed E-state index contributed by atoms with van der Waals surface area (Å²) in [7, 11) is 1.76. The van der Waals surface area contributed by atoms with Crippen molar-refractivity contribution in [1.29, 1.82) is 0 Å². The summed E-state index contributed by atoms with van der Waals surface area (Å²) in [6.45, 7) is 3.14. The molecule has 0 N–H and O–H groups in total. The van der Waals surface area contributed by atoms with Crippen LogP contribution in [0.3, 0.4) is 0 Å². The van der Waals surface area contributed by atoms with Crippen LogP contribution in [0.1, 0.15) is 26.2 Å². The molecule has 0 fully saturated rings. The van der Waals surface area contributed by atoms with Crippen molar-refractivity contribution in [2.45, 2.75) is 26.2 Å². The summed E-state index contributed by atoms with van der Waals surface area (Å²) < 4.78 is 32.2. The van der Waals surface area contributed by atoms with Gasteiger partial charge in [0.2, 0.25) is 9.05 Å². The van der Waals surface area contributed by atoms with Gasteiger partial charge in [-0.05, 0) is 50.5 Å². The van der Waals surface area contributed by atoms with E-state index >= 15 is 0 Å². The Kier molecular flexibility index (Phi) is 7.02. The van der Waals surface area contributed by atoms with Crippen LogP contribution in [-0.4, -0.2) is 27.4 Å². The minimum atomic E-state index is -3.36. The molecule has 0 amide bonds. The number of benzene rings is 1. The lowest BCUT2D eigenvalue weighted by Crippen LogP contribution is -2.00. The number of ether oxygens (including phenoxy) is 2. The molecule has 0 aliphatic carbocycles. The Balaban J connectivity index is 2.15. The maximum absolute atomic E-state index is 10.7. The third-order valence-electron chi connectivity index (χ3n) is 2.44. The van der Waals surface area contributed by atoms with E-state index in [2.05, 4.69) is 0 Å². The monoisotopic (exact) mass is 306 g/mol. The summed E-state index contributed by atoms with van der Waals surface area (Å²) in [6, 6.07) is 7.43. The second-order valence-electron chi connectivity index (χ2n) is 4.06. The first kappa shape index (κ1) is 16.1. The summed E-state index contributed by atoms with van der Waals surface area (Å²) in [6.07, 6.45) is 2.15. The Hall–Kier alpha value is -0.940. The number of hydrogen-bond donors (Lipinski definition) is 0. The van der Waals surface area contributed by atoms with E-state index in [9.17, 15) is 8.42 Å². The quantitative estimate of drug-likeness (QED) is 0.519. The zero-order chi connectivity index (χ0) is 14.1. The highest BCUT2D eigenvalue weighted by Crippen LogP contribution is 2.17. The van der Waals surface area contributed by atoms with Crippen LogP contribution in [0.2, 0.25) is 0 Å². The van der Waals surface area contributed by atoms with Gasteiger partial charge in [0.1, 0.15) is 11.5 Å². The van der Waals surface area contributed by atoms with E-state index in [1.807, 2.05) is 31.2 Å². The van der Waals surface area contributed by atoms with Crippen LogP contribution >= 0.6 is 10.7 Å². The Morgan fingerprint density at radius 3 is 2.11 bits per heavy atom. The van der Waals surface area contributed by atoms with Gasteiger partial charge in [-0.25, -0.2) is 8.42 Å². The molecule has 0 bridgehead atoms. The van der Waals surface area contributed by atoms with Crippen molar-refractivity contribution in [3.8, 4) is 11.5 Å². The van der Waals surface area contributed by atoms with Crippen molar-refractivity contribution in [2.75, 3.05) is 19.0 Å². The van der Waals surface area contributed by atoms with E-state index in [1.165, 1.54) is 0 Å². The Morgan fingerprint density at radius 1 is 1.00 bits per heavy atom. The van der Waals surface area contributed by atoms with E-state index in [4.69, 9.17) is 20.2 Å². The first-order valence-electron chi connectivity index (χ1n) is 6.29. The highest BCUT2D eigenvalue weighted by molar-refractivity contribution is 8.13. The lowest BCUT2D eigenvalue weighted by atomic mass is 10.2. The van der Waals surface area contributed by atoms with Gasteiger partial charge in [0.15, 0.2) is 0 Å². The lowest BCUT2D eigenvalue weighted by molar-refractivity contribution is 0.304. The number of halogens is 1. The van der Waals surface area contributed by atoms with E-state index in [-0.39, 0.29) is 5.75 Å². The van der Waals surface area contributed by atoms with Crippen molar-refractivity contribution in [3.05, 3.63) is 24.3 Å². The van der Waals surface area contributed by atoms with Gasteiger partial charge in [-0.15, -0.1) is 0 Å². The summed E-state index contributed by atoms with van der Waals surface area (Å²) in [5, 5.41) is 0. The van der Waals surface area contributed by atoms with Gasteiger partial charge in [-0.3, -0.25) is 0 Å². The second kappa shape index (κ2) is 8.27. The number of hydrogen-bond acceptors (Lipinski definition) is 4. The van der Waals surface area contributed by atoms with E-state index in [0.29, 0.717) is 19.6 Å². The zero-order valence-corrected chi connectivity index (χ0v) is 12.5. The predicted octanol–water partition coefficient (Wildman–Crippen LogP) is 3.20. The average molecular weight is 307 g/mol. The van der Waals surface area contributed by atoms with Crippen LogP contribution in [-0.2, 0) is 9.05 Å². The molecule has 0 saturated carbocycles. The molecule has 0 aliphatic heterocycles. The fourth-order valence-corrected chi connectivity index (χ4v) is 2.42. The van der Waals surface area contributed by atoms with Gasteiger partial charge in [0.25, 0.3) is 0 Å². The first-order chi connectivity index (χ1) is 9.01. The molecule has 0 aromatic heterocycles. The molecule has 0 unspecified atom stereocenters. The molecule has 0 atom stereocenters. The molecule has 108 valence electrons. The van der Waals surface area contributed by atoms with Gasteiger partial charge in [-0.2, -0.15) is 0 Å². The highest BCUT2D eigenvalue weighted by atomic mass is 35.7. The summed E-state index contributed by atoms with van der Waals surface area (Å²) >= 11 is 0. The normalized spacial score (nSPS) is 11.3. The fourth-order valence-electron chi connectivity index (χ4n) is 1.54. The number of unbranched alkanes of at least 4 members (excludes halogenated alkanes) is 2. The molecular formula is C13H19ClO4S. The Labute approximate surface area is 119 Å². The molecular weight excluding hydrogens is 288 g/mol. The Bertz CT molecular complexity index is 456. The zero-order valence-electron chi connectivity index (χ0n) is 11.0.